The molecule has 1 saturated carbocycles. The molecule has 18 N–H and O–H groups in total. The molecule has 1 aliphatic carbocycles. The molecule has 31 nitrogen and oxygen atoms in total. The summed E-state index contributed by atoms with van der Waals surface area (Å²) in [5.74, 6) is -13.7. The predicted octanol–water partition coefficient (Wildman–Crippen LogP) is 2.05. The predicted molar refractivity (Wildman–Crippen MR) is 402 cm³/mol. The first-order valence-electron chi connectivity index (χ1n) is 37.4. The molecule has 6 rings (SSSR count). The largest absolute Gasteiger partial charge is 0.508 e. The van der Waals surface area contributed by atoms with Gasteiger partial charge < -0.3 is 73.2 Å². The molecule has 2 aliphatic rings. The lowest BCUT2D eigenvalue weighted by molar-refractivity contribution is -0.144. The number of aldehydes is 1. The maximum Gasteiger partial charge on any atom is 0.303 e. The highest BCUT2D eigenvalue weighted by Crippen LogP contribution is 2.31. The van der Waals surface area contributed by atoms with Crippen molar-refractivity contribution in [3.05, 3.63) is 114 Å². The molecule has 0 radical (unpaired) electrons. The molecule has 0 saturated heterocycles. The van der Waals surface area contributed by atoms with E-state index in [1.165, 1.54) is 45.0 Å². The highest BCUT2D eigenvalue weighted by molar-refractivity contribution is 6.43. The molecule has 109 heavy (non-hydrogen) atoms. The van der Waals surface area contributed by atoms with Crippen molar-refractivity contribution in [3.63, 3.8) is 0 Å². The van der Waals surface area contributed by atoms with Gasteiger partial charge in [0, 0.05) is 49.7 Å². The molecule has 1 aromatic heterocycles. The summed E-state index contributed by atoms with van der Waals surface area (Å²) in [5, 5.41) is 61.3. The van der Waals surface area contributed by atoms with Crippen molar-refractivity contribution < 1.29 is 87.5 Å². The number of benzene rings is 3. The zero-order valence-electron chi connectivity index (χ0n) is 62.9. The maximum absolute atomic E-state index is 15.4. The number of rotatable bonds is 26. The van der Waals surface area contributed by atoms with E-state index in [0.717, 1.165) is 19.3 Å². The molecule has 31 heteroatoms. The number of amides is 8. The number of nitrogens with two attached hydrogens (primary N) is 1. The van der Waals surface area contributed by atoms with Gasteiger partial charge in [0.15, 0.2) is 0 Å². The minimum Gasteiger partial charge on any atom is -0.508 e. The molecule has 0 bridgehead atoms. The molecule has 2 heterocycles. The van der Waals surface area contributed by atoms with E-state index >= 15 is 19.2 Å². The lowest BCUT2D eigenvalue weighted by atomic mass is 9.80. The molecule has 594 valence electrons. The van der Waals surface area contributed by atoms with Gasteiger partial charge in [-0.15, -0.1) is 0 Å². The van der Waals surface area contributed by atoms with Crippen LogP contribution in [0.3, 0.4) is 0 Å². The number of hydrogen-bond donors (Lipinski definition) is 17. The Labute approximate surface area is 634 Å². The molecular weight excluding hydrogens is 1410 g/mol. The number of aromatic nitrogens is 1. The standard InChI is InChI=1S/C78H109N13O18/c1-46(2)38-58(81-48(4)95)72(105)85-66(47(3)94)76(109)83-59(39-49-22-15-14-16-23-49)74(107)87-78(6)37-20-13-11-9-7-8-10-12-19-36-77(5,45-93)86-75(108)62(40-50-24-21-25-50)91-88-56(32-34-64(79)97)67(100)68(101)63(44-92)84-71(104)60(42-52-43-80-55-27-18-17-26-54(52)55)82-73(106)61(41-51-28-30-53(96)31-29-51)90-89-57(33-35-65(98)99)69(102)70(78)103/h8,10,14-18,22-23,26-31,43,45-47,50,56-63,66,80,88-92,94,96H,7,9,11-13,19-21,24-25,32-42,44H2,1-6H3,(H2,79,97)(H,81,95)(H,82,106)(H,83,109)(H,84,104)(H,85,105)(H,86,108)(H,87,107)(H,98,99)/b10-8+/t47-,56+,57+,58+,59+,60+,61+,62+,63+,66+,77+,78-/m1/s1. The Hall–Kier alpha value is -9.92. The number of phenols is 1. The Morgan fingerprint density at radius 1 is 0.624 bits per heavy atom. The monoisotopic (exact) mass is 1520 g/mol. The number of aliphatic hydroxyl groups excluding tert-OH is 2. The fraction of sp³-hybridized carbons (Fsp3) is 0.538. The topological polar surface area (TPSA) is 494 Å². The minimum atomic E-state index is -2.15. The Morgan fingerprint density at radius 2 is 1.23 bits per heavy atom. The van der Waals surface area contributed by atoms with E-state index in [1.54, 1.807) is 67.7 Å². The molecule has 8 amide bonds. The molecular formula is C78H109N13O18. The molecule has 0 unspecified atom stereocenters. The molecule has 1 aliphatic heterocycles. The number of hydrazine groups is 2. The van der Waals surface area contributed by atoms with Gasteiger partial charge in [-0.05, 0) is 138 Å². The van der Waals surface area contributed by atoms with Crippen molar-refractivity contribution in [2.24, 2.45) is 17.6 Å². The number of para-hydroxylation sites is 1. The summed E-state index contributed by atoms with van der Waals surface area (Å²) in [7, 11) is 0. The number of aliphatic hydroxyl groups is 2. The van der Waals surface area contributed by atoms with Gasteiger partial charge in [0.05, 0.1) is 30.3 Å². The van der Waals surface area contributed by atoms with Crippen LogP contribution in [-0.2, 0) is 86.4 Å². The number of aromatic hydroxyl groups is 1. The van der Waals surface area contributed by atoms with E-state index in [4.69, 9.17) is 5.73 Å². The number of fused-ring (bicyclic) bond motifs is 1. The highest BCUT2D eigenvalue weighted by Gasteiger charge is 2.44. The number of carbonyl (C=O) groups is 14. The van der Waals surface area contributed by atoms with Crippen molar-refractivity contribution in [3.8, 4) is 5.75 Å². The molecule has 12 atom stereocenters. The normalized spacial score (nSPS) is 24.1. The summed E-state index contributed by atoms with van der Waals surface area (Å²) in [6.45, 7) is 7.77. The lowest BCUT2D eigenvalue weighted by Gasteiger charge is -2.33. The van der Waals surface area contributed by atoms with E-state index in [0.29, 0.717) is 72.4 Å². The number of primary amides is 1. The first-order valence-corrected chi connectivity index (χ1v) is 37.4. The third-order valence-corrected chi connectivity index (χ3v) is 19.6. The SMILES string of the molecule is CC(=O)N[C@@H](CC(C)C)C(=O)N[C@H](C(=O)N[C@@H](Cc1ccccc1)C(=O)N[C@]1(C)CCCCCC/C=C/CCC[C@@](C)(C=O)NC(=O)[C@H](CC2CCC2)NN[C@@H](CCC(N)=O)C(=O)C(=O)[C@H](CO)NC(=O)[C@H](Cc2c[nH]c3ccccc23)NC(=O)[C@H](Cc2ccc(O)cc2)NN[C@@H](CCC(=O)O)C(=O)C1=O)[C@@H](C)O. The van der Waals surface area contributed by atoms with Gasteiger partial charge >= 0.3 is 5.97 Å². The van der Waals surface area contributed by atoms with E-state index in [1.807, 2.05) is 26.0 Å². The zero-order chi connectivity index (χ0) is 80.0. The number of carboxylic acids is 1. The average Bonchev–Trinajstić information content (AvgIpc) is 1.75. The summed E-state index contributed by atoms with van der Waals surface area (Å²) in [6.07, 6.45) is 7.76. The van der Waals surface area contributed by atoms with Gasteiger partial charge in [-0.3, -0.25) is 62.3 Å². The summed E-state index contributed by atoms with van der Waals surface area (Å²) >= 11 is 0. The van der Waals surface area contributed by atoms with Crippen molar-refractivity contribution in [2.45, 2.75) is 248 Å². The molecule has 3 aromatic carbocycles. The summed E-state index contributed by atoms with van der Waals surface area (Å²) in [5.41, 5.74) is 15.1. The number of nitrogens with one attached hydrogen (secondary N) is 12. The Balaban J connectivity index is 1.41. The van der Waals surface area contributed by atoms with E-state index in [-0.39, 0.29) is 69.0 Å². The van der Waals surface area contributed by atoms with Gasteiger partial charge in [-0.1, -0.05) is 125 Å². The first-order chi connectivity index (χ1) is 51.8. The van der Waals surface area contributed by atoms with Gasteiger partial charge in [0.1, 0.15) is 59.9 Å². The van der Waals surface area contributed by atoms with Crippen LogP contribution in [0.2, 0.25) is 0 Å². The number of phenolic OH excluding ortho intramolecular Hbond substituents is 1. The molecule has 1 fully saturated rings. The Bertz CT molecular complexity index is 3830. The van der Waals surface area contributed by atoms with Crippen molar-refractivity contribution in [2.75, 3.05) is 6.61 Å². The fourth-order valence-corrected chi connectivity index (χ4v) is 13.1. The zero-order valence-corrected chi connectivity index (χ0v) is 62.9. The van der Waals surface area contributed by atoms with Crippen LogP contribution in [0.1, 0.15) is 174 Å². The number of allylic oxidation sites excluding steroid dienone is 2. The van der Waals surface area contributed by atoms with Gasteiger partial charge in [-0.2, -0.15) is 0 Å². The van der Waals surface area contributed by atoms with Crippen molar-refractivity contribution >= 4 is 93.5 Å². The average molecular weight is 1520 g/mol. The van der Waals surface area contributed by atoms with Crippen molar-refractivity contribution in [1.82, 2.24) is 63.9 Å². The van der Waals surface area contributed by atoms with Gasteiger partial charge in [0.25, 0.3) is 0 Å². The number of aromatic amines is 1. The third-order valence-electron chi connectivity index (χ3n) is 19.6. The van der Waals surface area contributed by atoms with Crippen molar-refractivity contribution in [1.29, 1.82) is 0 Å². The summed E-state index contributed by atoms with van der Waals surface area (Å²) in [6, 6.07) is 6.73. The van der Waals surface area contributed by atoms with Crippen LogP contribution in [0.5, 0.6) is 5.75 Å². The van der Waals surface area contributed by atoms with Crippen LogP contribution in [0.4, 0.5) is 0 Å². The van der Waals surface area contributed by atoms with E-state index < -0.39 is 180 Å². The lowest BCUT2D eigenvalue weighted by Crippen LogP contribution is -2.64. The van der Waals surface area contributed by atoms with Gasteiger partial charge in [-0.25, -0.2) is 21.7 Å². The number of H-pyrrole nitrogens is 1. The fourth-order valence-electron chi connectivity index (χ4n) is 13.1. The second-order valence-electron chi connectivity index (χ2n) is 29.4. The number of ketones is 4. The number of carboxylic acid groups (broad SMARTS) is 1. The van der Waals surface area contributed by atoms with Gasteiger partial charge in [0.2, 0.25) is 70.4 Å². The van der Waals surface area contributed by atoms with Crippen LogP contribution in [0, 0.1) is 11.8 Å². The first kappa shape index (κ1) is 88.0. The van der Waals surface area contributed by atoms with E-state index in [2.05, 4.69) is 63.9 Å². The highest BCUT2D eigenvalue weighted by atomic mass is 16.4. The second kappa shape index (κ2) is 43.3. The van der Waals surface area contributed by atoms with Crippen LogP contribution in [-0.4, -0.2) is 186 Å². The smallest absolute Gasteiger partial charge is 0.303 e. The Kier molecular flexibility index (Phi) is 35.0. The van der Waals surface area contributed by atoms with E-state index in [9.17, 15) is 68.4 Å². The summed E-state index contributed by atoms with van der Waals surface area (Å²) < 4.78 is 0. The minimum absolute atomic E-state index is 0.0742. The quantitative estimate of drug-likeness (QED) is 0.0243. The second-order valence-corrected chi connectivity index (χ2v) is 29.4. The van der Waals surface area contributed by atoms with Crippen LogP contribution >= 0.6 is 0 Å². The van der Waals surface area contributed by atoms with Crippen LogP contribution < -0.4 is 64.7 Å². The third kappa shape index (κ3) is 28.2. The molecule has 0 spiro atoms. The van der Waals surface area contributed by atoms with Crippen LogP contribution in [0.25, 0.3) is 10.9 Å². The number of aliphatic carboxylic acids is 1. The Morgan fingerprint density at radius 3 is 1.85 bits per heavy atom. The molecule has 4 aromatic rings. The van der Waals surface area contributed by atoms with Crippen LogP contribution in [0.15, 0.2) is 97.2 Å². The summed E-state index contributed by atoms with van der Waals surface area (Å²) in [4.78, 5) is 200. The number of hydrogen-bond acceptors (Lipinski definition) is 21. The number of carbonyl (C=O) groups excluding carboxylic acids is 13. The maximum atomic E-state index is 15.4. The number of Topliss-reactive ketones (excluding diaryl/α,β-unsaturated/α-hetero) is 4.